The number of aromatic hydroxyl groups is 1. The minimum atomic E-state index is -0.549. The second-order valence-corrected chi connectivity index (χ2v) is 8.71. The summed E-state index contributed by atoms with van der Waals surface area (Å²) in [5.74, 6) is -0.956. The van der Waals surface area contributed by atoms with Gasteiger partial charge in [0, 0.05) is 16.9 Å². The summed E-state index contributed by atoms with van der Waals surface area (Å²) in [6.45, 7) is 7.83. The molecule has 3 N–H and O–H groups in total. The number of hydrogen-bond donors (Lipinski definition) is 3. The molecular formula is C21H26ClN5O4. The molecule has 9 nitrogen and oxygen atoms in total. The predicted molar refractivity (Wildman–Crippen MR) is 117 cm³/mol. The number of benzene rings is 1. The van der Waals surface area contributed by atoms with Crippen LogP contribution in [0.5, 0.6) is 5.75 Å². The van der Waals surface area contributed by atoms with Gasteiger partial charge in [0.1, 0.15) is 10.8 Å². The van der Waals surface area contributed by atoms with E-state index in [1.165, 1.54) is 23.9 Å². The van der Waals surface area contributed by atoms with Crippen molar-refractivity contribution >= 4 is 34.8 Å². The van der Waals surface area contributed by atoms with Crippen LogP contribution in [0.25, 0.3) is 17.0 Å². The van der Waals surface area contributed by atoms with Crippen molar-refractivity contribution in [3.05, 3.63) is 28.9 Å². The topological polar surface area (TPSA) is 122 Å². The number of nitrogens with one attached hydrogen (secondary N) is 2. The summed E-state index contributed by atoms with van der Waals surface area (Å²) in [6.07, 6.45) is 0.445. The number of fused-ring (bicyclic) bond motifs is 1. The summed E-state index contributed by atoms with van der Waals surface area (Å²) < 4.78 is 6.07. The molecule has 10 heteroatoms. The molecule has 0 spiro atoms. The van der Waals surface area contributed by atoms with Crippen LogP contribution in [0.2, 0.25) is 5.02 Å². The van der Waals surface area contributed by atoms with E-state index in [-0.39, 0.29) is 23.5 Å². The summed E-state index contributed by atoms with van der Waals surface area (Å²) in [6, 6.07) is 4.51. The van der Waals surface area contributed by atoms with Crippen LogP contribution < -0.4 is 5.32 Å². The average Bonchev–Trinajstić information content (AvgIpc) is 3.26. The zero-order valence-electron chi connectivity index (χ0n) is 18.1. The largest absolute Gasteiger partial charge is 0.508 e. The lowest BCUT2D eigenvalue weighted by molar-refractivity contribution is -0.143. The molecule has 1 atom stereocenters. The lowest BCUT2D eigenvalue weighted by Gasteiger charge is -2.16. The molecule has 0 saturated carbocycles. The number of esters is 1. The summed E-state index contributed by atoms with van der Waals surface area (Å²) in [5.41, 5.74) is 1.84. The molecule has 2 aromatic heterocycles. The van der Waals surface area contributed by atoms with Gasteiger partial charge in [0.15, 0.2) is 11.5 Å². The predicted octanol–water partition coefficient (Wildman–Crippen LogP) is 3.91. The van der Waals surface area contributed by atoms with Gasteiger partial charge < -0.3 is 20.1 Å². The van der Waals surface area contributed by atoms with E-state index in [9.17, 15) is 14.7 Å². The molecule has 1 unspecified atom stereocenters. The highest BCUT2D eigenvalue weighted by atomic mass is 35.5. The van der Waals surface area contributed by atoms with E-state index in [1.54, 1.807) is 6.07 Å². The zero-order valence-corrected chi connectivity index (χ0v) is 18.9. The van der Waals surface area contributed by atoms with Crippen LogP contribution in [0.3, 0.4) is 0 Å². The lowest BCUT2D eigenvalue weighted by atomic mass is 9.92. The number of methoxy groups -OCH3 is 1. The van der Waals surface area contributed by atoms with Crippen molar-refractivity contribution in [1.29, 1.82) is 0 Å². The van der Waals surface area contributed by atoms with Gasteiger partial charge in [0.25, 0.3) is 0 Å². The molecule has 0 saturated heterocycles. The van der Waals surface area contributed by atoms with Crippen molar-refractivity contribution in [2.24, 2.45) is 5.92 Å². The minimum Gasteiger partial charge on any atom is -0.508 e. The molecule has 1 amide bonds. The zero-order chi connectivity index (χ0) is 22.9. The van der Waals surface area contributed by atoms with Gasteiger partial charge in [-0.15, -0.1) is 9.73 Å². The van der Waals surface area contributed by atoms with Crippen LogP contribution in [-0.2, 0) is 19.7 Å². The molecule has 0 radical (unpaired) electrons. The molecule has 166 valence electrons. The van der Waals surface area contributed by atoms with E-state index >= 15 is 0 Å². The van der Waals surface area contributed by atoms with E-state index in [4.69, 9.17) is 11.6 Å². The Kier molecular flexibility index (Phi) is 6.26. The first-order chi connectivity index (χ1) is 14.5. The number of ether oxygens (including phenoxy) is 1. The van der Waals surface area contributed by atoms with Gasteiger partial charge in [-0.25, -0.2) is 0 Å². The van der Waals surface area contributed by atoms with E-state index in [0.29, 0.717) is 39.9 Å². The fourth-order valence-electron chi connectivity index (χ4n) is 3.18. The first-order valence-corrected chi connectivity index (χ1v) is 10.3. The van der Waals surface area contributed by atoms with Gasteiger partial charge in [-0.3, -0.25) is 9.59 Å². The van der Waals surface area contributed by atoms with Gasteiger partial charge in [-0.05, 0) is 24.6 Å². The third kappa shape index (κ3) is 4.66. The van der Waals surface area contributed by atoms with Crippen LogP contribution in [0.4, 0.5) is 5.69 Å². The number of amides is 1. The number of carbonyl (C=O) groups is 2. The van der Waals surface area contributed by atoms with E-state index < -0.39 is 11.9 Å². The van der Waals surface area contributed by atoms with Gasteiger partial charge >= 0.3 is 5.97 Å². The quantitative estimate of drug-likeness (QED) is 0.389. The maximum Gasteiger partial charge on any atom is 0.306 e. The summed E-state index contributed by atoms with van der Waals surface area (Å²) in [7, 11) is 1.29. The molecule has 31 heavy (non-hydrogen) atoms. The van der Waals surface area contributed by atoms with Crippen LogP contribution in [0.15, 0.2) is 18.2 Å². The lowest BCUT2D eigenvalue weighted by Crippen LogP contribution is -2.25. The standard InChI is InChI=1S/C21H26ClN5O4/c1-6-11(9-15(29)31-5)20(30)23-14-8-7-12(28)10-13(14)18-24-19-16(22)17(21(2,3)4)25-27(19)26-18/h7-8,10-11,28H,6,9H2,1-5H3,(H,23,30)(H,24,26). The van der Waals surface area contributed by atoms with E-state index in [0.717, 1.165) is 0 Å². The maximum absolute atomic E-state index is 12.7. The summed E-state index contributed by atoms with van der Waals surface area (Å²) in [4.78, 5) is 27.5. The number of phenolic OH excluding ortho intramolecular Hbond substituents is 1. The highest BCUT2D eigenvalue weighted by Gasteiger charge is 2.26. The Balaban J connectivity index is 1.97. The molecule has 3 rings (SSSR count). The van der Waals surface area contributed by atoms with Crippen molar-refractivity contribution in [2.45, 2.75) is 46.0 Å². The molecule has 0 aliphatic carbocycles. The molecule has 0 aliphatic rings. The van der Waals surface area contributed by atoms with Crippen molar-refractivity contribution in [1.82, 2.24) is 19.8 Å². The van der Waals surface area contributed by atoms with Crippen molar-refractivity contribution in [3.63, 3.8) is 0 Å². The average molecular weight is 448 g/mol. The highest BCUT2D eigenvalue weighted by molar-refractivity contribution is 6.34. The molecule has 1 aromatic carbocycles. The second kappa shape index (κ2) is 8.58. The third-order valence-corrected chi connectivity index (χ3v) is 5.33. The van der Waals surface area contributed by atoms with Crippen molar-refractivity contribution in [2.75, 3.05) is 12.4 Å². The summed E-state index contributed by atoms with van der Waals surface area (Å²) in [5, 5.41) is 22.2. The SMILES string of the molecule is CCC(CC(=O)OC)C(=O)Nc1ccc(O)cc1-c1nn2nc(C(C)(C)C)c(Cl)c2[nH]1. The molecule has 2 heterocycles. The smallest absolute Gasteiger partial charge is 0.306 e. The van der Waals surface area contributed by atoms with E-state index in [2.05, 4.69) is 25.2 Å². The second-order valence-electron chi connectivity index (χ2n) is 8.33. The first kappa shape index (κ1) is 22.6. The molecule has 0 bridgehead atoms. The third-order valence-electron chi connectivity index (χ3n) is 4.97. The molecular weight excluding hydrogens is 422 g/mol. The van der Waals surface area contributed by atoms with Crippen LogP contribution in [0, 0.1) is 5.92 Å². The molecule has 3 aromatic rings. The number of carbonyl (C=O) groups excluding carboxylic acids is 2. The van der Waals surface area contributed by atoms with Crippen molar-refractivity contribution in [3.8, 4) is 17.1 Å². The Morgan fingerprint density at radius 1 is 1.32 bits per heavy atom. The Morgan fingerprint density at radius 2 is 2.03 bits per heavy atom. The van der Waals surface area contributed by atoms with Gasteiger partial charge in [0.2, 0.25) is 5.91 Å². The Morgan fingerprint density at radius 3 is 2.61 bits per heavy atom. The monoisotopic (exact) mass is 447 g/mol. The van der Waals surface area contributed by atoms with Gasteiger partial charge in [0.05, 0.1) is 24.9 Å². The normalized spacial score (nSPS) is 12.7. The Hall–Kier alpha value is -3.07. The number of halogens is 1. The number of H-pyrrole nitrogens is 1. The fraction of sp³-hybridized carbons (Fsp3) is 0.429. The Bertz CT molecular complexity index is 1130. The Labute approximate surface area is 184 Å². The van der Waals surface area contributed by atoms with Crippen molar-refractivity contribution < 1.29 is 19.4 Å². The highest BCUT2D eigenvalue weighted by Crippen LogP contribution is 2.34. The van der Waals surface area contributed by atoms with Gasteiger partial charge in [-0.1, -0.05) is 39.3 Å². The van der Waals surface area contributed by atoms with Crippen LogP contribution >= 0.6 is 11.6 Å². The van der Waals surface area contributed by atoms with E-state index in [1.807, 2.05) is 27.7 Å². The molecule has 0 fully saturated rings. The van der Waals surface area contributed by atoms with Gasteiger partial charge in [-0.2, -0.15) is 5.10 Å². The number of anilines is 1. The van der Waals surface area contributed by atoms with Crippen LogP contribution in [-0.4, -0.2) is 43.9 Å². The number of nitrogens with zero attached hydrogens (tertiary/aromatic N) is 3. The van der Waals surface area contributed by atoms with Crippen LogP contribution in [0.1, 0.15) is 46.2 Å². The number of aromatic amines is 1. The first-order valence-electron chi connectivity index (χ1n) is 9.91. The number of phenols is 1. The maximum atomic E-state index is 12.7. The molecule has 0 aliphatic heterocycles. The summed E-state index contributed by atoms with van der Waals surface area (Å²) >= 11 is 6.50. The minimum absolute atomic E-state index is 0.00474. The fourth-order valence-corrected chi connectivity index (χ4v) is 3.62. The number of aromatic nitrogens is 4. The number of rotatable bonds is 6. The number of hydrogen-bond acceptors (Lipinski definition) is 6.